The second-order valence-corrected chi connectivity index (χ2v) is 6.33. The van der Waals surface area contributed by atoms with Gasteiger partial charge in [-0.15, -0.1) is 0 Å². The molecule has 2 rings (SSSR count). The van der Waals surface area contributed by atoms with E-state index in [2.05, 4.69) is 24.9 Å². The predicted octanol–water partition coefficient (Wildman–Crippen LogP) is 3.04. The van der Waals surface area contributed by atoms with Crippen LogP contribution in [0, 0.1) is 5.92 Å². The average molecular weight is 303 g/mol. The molecule has 0 spiro atoms. The number of hydrogen-bond acceptors (Lipinski definition) is 3. The Balaban J connectivity index is 2.10. The number of piperidine rings is 1. The molecule has 0 unspecified atom stereocenters. The molecule has 3 N–H and O–H groups in total. The lowest BCUT2D eigenvalue weighted by atomic mass is 9.82. The van der Waals surface area contributed by atoms with E-state index < -0.39 is 0 Å². The summed E-state index contributed by atoms with van der Waals surface area (Å²) in [5, 5.41) is 3.58. The van der Waals surface area contributed by atoms with Crippen molar-refractivity contribution in [3.63, 3.8) is 0 Å². The van der Waals surface area contributed by atoms with E-state index in [1.54, 1.807) is 6.92 Å². The monoisotopic (exact) mass is 303 g/mol. The molecule has 1 aliphatic heterocycles. The molecule has 0 atom stereocenters. The van der Waals surface area contributed by atoms with E-state index in [-0.39, 0.29) is 5.91 Å². The summed E-state index contributed by atoms with van der Waals surface area (Å²) in [4.78, 5) is 13.4. The number of nitrogens with one attached hydrogen (secondary N) is 1. The minimum Gasteiger partial charge on any atom is -0.398 e. The zero-order chi connectivity index (χ0) is 16.1. The minimum atomic E-state index is 0.186. The molecule has 0 bridgehead atoms. The number of carbonyl (C=O) groups excluding carboxylic acids is 1. The molecule has 4 nitrogen and oxygen atoms in total. The van der Waals surface area contributed by atoms with Crippen molar-refractivity contribution in [2.45, 2.75) is 52.4 Å². The zero-order valence-electron chi connectivity index (χ0n) is 14.0. The molecule has 2 fully saturated rings. The number of nitrogens with zero attached hydrogens (tertiary/aromatic N) is 1. The van der Waals surface area contributed by atoms with Gasteiger partial charge in [-0.05, 0) is 38.5 Å². The SMILES string of the molecule is C=C(N)/C(=C/CC)NC(=C1CCC1)C1CCN(C(C)=O)CC1. The summed E-state index contributed by atoms with van der Waals surface area (Å²) in [6.45, 7) is 9.35. The minimum absolute atomic E-state index is 0.186. The first kappa shape index (κ1) is 16.7. The molecule has 2 aliphatic rings. The second-order valence-electron chi connectivity index (χ2n) is 6.33. The molecule has 1 amide bonds. The molecule has 122 valence electrons. The first-order valence-corrected chi connectivity index (χ1v) is 8.42. The summed E-state index contributed by atoms with van der Waals surface area (Å²) in [6, 6.07) is 0. The van der Waals surface area contributed by atoms with Gasteiger partial charge in [0, 0.05) is 37.3 Å². The van der Waals surface area contributed by atoms with Crippen LogP contribution in [0.15, 0.2) is 35.3 Å². The van der Waals surface area contributed by atoms with Gasteiger partial charge in [-0.25, -0.2) is 0 Å². The van der Waals surface area contributed by atoms with Gasteiger partial charge in [0.05, 0.1) is 5.70 Å². The molecule has 22 heavy (non-hydrogen) atoms. The second kappa shape index (κ2) is 7.52. The fourth-order valence-corrected chi connectivity index (χ4v) is 3.20. The van der Waals surface area contributed by atoms with Crippen LogP contribution in [-0.4, -0.2) is 23.9 Å². The van der Waals surface area contributed by atoms with Crippen molar-refractivity contribution in [2.75, 3.05) is 13.1 Å². The Morgan fingerprint density at radius 2 is 2.05 bits per heavy atom. The summed E-state index contributed by atoms with van der Waals surface area (Å²) in [5.41, 5.74) is 10.3. The number of allylic oxidation sites excluding steroid dienone is 3. The Hall–Kier alpha value is -1.71. The highest BCUT2D eigenvalue weighted by Crippen LogP contribution is 2.35. The van der Waals surface area contributed by atoms with Crippen molar-refractivity contribution in [3.05, 3.63) is 35.3 Å². The van der Waals surface area contributed by atoms with Gasteiger partial charge in [0.2, 0.25) is 5.91 Å². The molecule has 1 saturated heterocycles. The van der Waals surface area contributed by atoms with Gasteiger partial charge in [-0.1, -0.05) is 25.2 Å². The largest absolute Gasteiger partial charge is 0.398 e. The van der Waals surface area contributed by atoms with Crippen molar-refractivity contribution in [1.29, 1.82) is 0 Å². The van der Waals surface area contributed by atoms with Crippen molar-refractivity contribution in [1.82, 2.24) is 10.2 Å². The summed E-state index contributed by atoms with van der Waals surface area (Å²) < 4.78 is 0. The van der Waals surface area contributed by atoms with Crippen LogP contribution < -0.4 is 11.1 Å². The number of rotatable bonds is 5. The molecule has 1 saturated carbocycles. The van der Waals surface area contributed by atoms with Crippen LogP contribution in [0.3, 0.4) is 0 Å². The fraction of sp³-hybridized carbons (Fsp3) is 0.611. The molecule has 0 aromatic rings. The van der Waals surface area contributed by atoms with Gasteiger partial charge >= 0.3 is 0 Å². The molecule has 1 aliphatic carbocycles. The maximum Gasteiger partial charge on any atom is 0.219 e. The highest BCUT2D eigenvalue weighted by Gasteiger charge is 2.27. The topological polar surface area (TPSA) is 58.4 Å². The number of likely N-dealkylation sites (tertiary alicyclic amines) is 1. The summed E-state index contributed by atoms with van der Waals surface area (Å²) in [5.74, 6) is 0.691. The lowest BCUT2D eigenvalue weighted by Gasteiger charge is -2.36. The highest BCUT2D eigenvalue weighted by molar-refractivity contribution is 5.73. The lowest BCUT2D eigenvalue weighted by molar-refractivity contribution is -0.130. The van der Waals surface area contributed by atoms with E-state index in [4.69, 9.17) is 5.73 Å². The highest BCUT2D eigenvalue weighted by atomic mass is 16.2. The quantitative estimate of drug-likeness (QED) is 0.768. The molecule has 0 radical (unpaired) electrons. The van der Waals surface area contributed by atoms with E-state index in [0.717, 1.165) is 38.0 Å². The Morgan fingerprint density at radius 3 is 2.45 bits per heavy atom. The van der Waals surface area contributed by atoms with Crippen molar-refractivity contribution in [2.24, 2.45) is 11.7 Å². The van der Waals surface area contributed by atoms with Gasteiger partial charge in [-0.2, -0.15) is 0 Å². The third kappa shape index (κ3) is 3.93. The molecule has 4 heteroatoms. The van der Waals surface area contributed by atoms with E-state index >= 15 is 0 Å². The fourth-order valence-electron chi connectivity index (χ4n) is 3.20. The van der Waals surface area contributed by atoms with Crippen LogP contribution in [0.4, 0.5) is 0 Å². The summed E-state index contributed by atoms with van der Waals surface area (Å²) in [6.07, 6.45) is 8.75. The lowest BCUT2D eigenvalue weighted by Crippen LogP contribution is -2.39. The standard InChI is InChI=1S/C18H29N3O/c1-4-6-17(13(2)19)20-18(15-7-5-8-15)16-9-11-21(12-10-16)14(3)22/h6,16,20H,2,4-5,7-12,19H2,1,3H3/b17-6-. The zero-order valence-corrected chi connectivity index (χ0v) is 14.0. The molecule has 1 heterocycles. The van der Waals surface area contributed by atoms with Crippen LogP contribution in [0.2, 0.25) is 0 Å². The maximum absolute atomic E-state index is 11.5. The van der Waals surface area contributed by atoms with Crippen LogP contribution >= 0.6 is 0 Å². The molecule has 0 aromatic carbocycles. The third-order valence-electron chi connectivity index (χ3n) is 4.71. The first-order valence-electron chi connectivity index (χ1n) is 8.42. The first-order chi connectivity index (χ1) is 10.5. The van der Waals surface area contributed by atoms with E-state index in [9.17, 15) is 4.79 Å². The van der Waals surface area contributed by atoms with Crippen molar-refractivity contribution >= 4 is 5.91 Å². The van der Waals surface area contributed by atoms with Crippen molar-refractivity contribution in [3.8, 4) is 0 Å². The van der Waals surface area contributed by atoms with Gasteiger partial charge < -0.3 is 16.0 Å². The number of hydrogen-bond donors (Lipinski definition) is 2. The van der Waals surface area contributed by atoms with Crippen LogP contribution in [-0.2, 0) is 4.79 Å². The Bertz CT molecular complexity index is 490. The van der Waals surface area contributed by atoms with Crippen LogP contribution in [0.5, 0.6) is 0 Å². The van der Waals surface area contributed by atoms with Gasteiger partial charge in [-0.3, -0.25) is 4.79 Å². The number of amides is 1. The predicted molar refractivity (Wildman–Crippen MR) is 90.7 cm³/mol. The summed E-state index contributed by atoms with van der Waals surface area (Å²) in [7, 11) is 0. The smallest absolute Gasteiger partial charge is 0.219 e. The van der Waals surface area contributed by atoms with E-state index in [0.29, 0.717) is 11.6 Å². The average Bonchev–Trinajstić information content (AvgIpc) is 2.43. The Morgan fingerprint density at radius 1 is 1.41 bits per heavy atom. The third-order valence-corrected chi connectivity index (χ3v) is 4.71. The van der Waals surface area contributed by atoms with Crippen LogP contribution in [0.25, 0.3) is 0 Å². The number of nitrogens with two attached hydrogens (primary N) is 1. The molecular weight excluding hydrogens is 274 g/mol. The Kier molecular flexibility index (Phi) is 5.69. The Labute approximate surface area is 134 Å². The van der Waals surface area contributed by atoms with Gasteiger partial charge in [0.25, 0.3) is 0 Å². The van der Waals surface area contributed by atoms with Gasteiger partial charge in [0.1, 0.15) is 0 Å². The number of carbonyl (C=O) groups is 1. The van der Waals surface area contributed by atoms with E-state index in [1.165, 1.54) is 30.5 Å². The molecule has 0 aromatic heterocycles. The normalized spacial score (nSPS) is 19.6. The van der Waals surface area contributed by atoms with Crippen molar-refractivity contribution < 1.29 is 4.79 Å². The van der Waals surface area contributed by atoms with E-state index in [1.807, 2.05) is 4.90 Å². The molecular formula is C18H29N3O. The summed E-state index contributed by atoms with van der Waals surface area (Å²) >= 11 is 0. The van der Waals surface area contributed by atoms with Gasteiger partial charge in [0.15, 0.2) is 0 Å². The van der Waals surface area contributed by atoms with Crippen LogP contribution in [0.1, 0.15) is 52.4 Å². The maximum atomic E-state index is 11.5.